The van der Waals surface area contributed by atoms with Crippen LogP contribution in [0.4, 0.5) is 5.69 Å². The summed E-state index contributed by atoms with van der Waals surface area (Å²) in [6, 6.07) is 3.31. The predicted octanol–water partition coefficient (Wildman–Crippen LogP) is -0.151. The highest BCUT2D eigenvalue weighted by Crippen LogP contribution is 2.14. The van der Waals surface area contributed by atoms with E-state index in [-0.39, 0.29) is 18.2 Å². The maximum Gasteiger partial charge on any atom is 0.255 e. The van der Waals surface area contributed by atoms with Crippen LogP contribution < -0.4 is 10.4 Å². The van der Waals surface area contributed by atoms with Crippen LogP contribution in [0.5, 0.6) is 0 Å². The Bertz CT molecular complexity index is 350. The van der Waals surface area contributed by atoms with Gasteiger partial charge in [-0.05, 0) is 12.1 Å². The van der Waals surface area contributed by atoms with Gasteiger partial charge in [0.25, 0.3) is 5.91 Å². The summed E-state index contributed by atoms with van der Waals surface area (Å²) < 4.78 is 0. The Kier molecular flexibility index (Phi) is 1.70. The van der Waals surface area contributed by atoms with Crippen molar-refractivity contribution >= 4 is 17.5 Å². The first kappa shape index (κ1) is 7.72. The molecular weight excluding hydrogens is 170 g/mol. The Morgan fingerprint density at radius 1 is 1.31 bits per heavy atom. The third kappa shape index (κ3) is 1.35. The van der Waals surface area contributed by atoms with Crippen LogP contribution in [0.3, 0.4) is 0 Å². The van der Waals surface area contributed by atoms with Gasteiger partial charge in [-0.3, -0.25) is 20.0 Å². The average Bonchev–Trinajstić information content (AvgIpc) is 2.47. The van der Waals surface area contributed by atoms with Gasteiger partial charge in [-0.2, -0.15) is 0 Å². The fourth-order valence-electron chi connectivity index (χ4n) is 1.14. The largest absolute Gasteiger partial charge is 0.273 e. The Labute approximate surface area is 74.3 Å². The van der Waals surface area contributed by atoms with Gasteiger partial charge in [-0.25, -0.2) is 5.01 Å². The summed E-state index contributed by atoms with van der Waals surface area (Å²) in [7, 11) is 0. The lowest BCUT2D eigenvalue weighted by Gasteiger charge is -2.13. The van der Waals surface area contributed by atoms with E-state index < -0.39 is 0 Å². The number of anilines is 1. The lowest BCUT2D eigenvalue weighted by molar-refractivity contribution is -0.122. The van der Waals surface area contributed by atoms with E-state index in [9.17, 15) is 9.59 Å². The third-order valence-corrected chi connectivity index (χ3v) is 1.72. The van der Waals surface area contributed by atoms with Crippen molar-refractivity contribution in [3.8, 4) is 0 Å². The predicted molar refractivity (Wildman–Crippen MR) is 44.5 cm³/mol. The van der Waals surface area contributed by atoms with Gasteiger partial charge in [0, 0.05) is 12.4 Å². The van der Waals surface area contributed by atoms with E-state index >= 15 is 0 Å². The van der Waals surface area contributed by atoms with Crippen LogP contribution in [0.25, 0.3) is 0 Å². The van der Waals surface area contributed by atoms with E-state index in [4.69, 9.17) is 0 Å². The quantitative estimate of drug-likeness (QED) is 0.607. The summed E-state index contributed by atoms with van der Waals surface area (Å²) in [6.07, 6.45) is 3.04. The maximum absolute atomic E-state index is 11.2. The molecule has 1 N–H and O–H groups in total. The van der Waals surface area contributed by atoms with E-state index in [0.717, 1.165) is 0 Å². The third-order valence-electron chi connectivity index (χ3n) is 1.72. The zero-order valence-corrected chi connectivity index (χ0v) is 6.73. The number of hydrogen-bond donors (Lipinski definition) is 1. The number of nitrogens with one attached hydrogen (secondary N) is 1. The van der Waals surface area contributed by atoms with Crippen molar-refractivity contribution in [3.05, 3.63) is 24.5 Å². The molecule has 2 amide bonds. The second-order valence-corrected chi connectivity index (χ2v) is 2.65. The van der Waals surface area contributed by atoms with E-state index in [1.165, 1.54) is 5.01 Å². The number of hydrogen-bond acceptors (Lipinski definition) is 3. The Balaban J connectivity index is 2.28. The van der Waals surface area contributed by atoms with Crippen LogP contribution in [0.15, 0.2) is 24.5 Å². The van der Waals surface area contributed by atoms with Crippen molar-refractivity contribution in [3.63, 3.8) is 0 Å². The van der Waals surface area contributed by atoms with Crippen LogP contribution in [0, 0.1) is 0 Å². The average molecular weight is 177 g/mol. The molecule has 1 fully saturated rings. The first-order chi connectivity index (χ1) is 6.27. The lowest BCUT2D eigenvalue weighted by Crippen LogP contribution is -2.35. The first-order valence-electron chi connectivity index (χ1n) is 3.80. The fraction of sp³-hybridized carbons (Fsp3) is 0.125. The van der Waals surface area contributed by atoms with Gasteiger partial charge in [0.15, 0.2) is 0 Å². The molecule has 0 aromatic carbocycles. The summed E-state index contributed by atoms with van der Waals surface area (Å²) in [6.45, 7) is 0. The molecule has 13 heavy (non-hydrogen) atoms. The summed E-state index contributed by atoms with van der Waals surface area (Å²) in [4.78, 5) is 25.9. The van der Waals surface area contributed by atoms with Crippen molar-refractivity contribution < 1.29 is 9.59 Å². The lowest BCUT2D eigenvalue weighted by atomic mass is 10.3. The number of amides is 2. The first-order valence-corrected chi connectivity index (χ1v) is 3.80. The molecule has 0 radical (unpaired) electrons. The van der Waals surface area contributed by atoms with Gasteiger partial charge in [0.1, 0.15) is 6.42 Å². The highest BCUT2D eigenvalue weighted by atomic mass is 16.2. The molecule has 0 unspecified atom stereocenters. The number of pyridine rings is 1. The molecular formula is C8H7N3O2. The highest BCUT2D eigenvalue weighted by Gasteiger charge is 2.27. The van der Waals surface area contributed by atoms with Crippen LogP contribution in [-0.2, 0) is 9.59 Å². The number of rotatable bonds is 1. The Hall–Kier alpha value is -1.91. The molecule has 0 saturated carbocycles. The van der Waals surface area contributed by atoms with E-state index in [1.807, 2.05) is 0 Å². The zero-order chi connectivity index (χ0) is 9.26. The van der Waals surface area contributed by atoms with Gasteiger partial charge < -0.3 is 0 Å². The summed E-state index contributed by atoms with van der Waals surface area (Å²) in [5.41, 5.74) is 3.07. The van der Waals surface area contributed by atoms with Crippen molar-refractivity contribution in [1.82, 2.24) is 10.4 Å². The molecule has 5 nitrogen and oxygen atoms in total. The monoisotopic (exact) mass is 177 g/mol. The molecule has 5 heteroatoms. The van der Waals surface area contributed by atoms with E-state index in [1.54, 1.807) is 24.5 Å². The van der Waals surface area contributed by atoms with E-state index in [2.05, 4.69) is 10.4 Å². The molecule has 2 rings (SSSR count). The van der Waals surface area contributed by atoms with Gasteiger partial charge in [0.05, 0.1) is 5.69 Å². The van der Waals surface area contributed by atoms with Gasteiger partial charge in [-0.1, -0.05) is 0 Å². The summed E-state index contributed by atoms with van der Waals surface area (Å²) in [5, 5.41) is 1.23. The minimum atomic E-state index is -0.276. The van der Waals surface area contributed by atoms with Crippen LogP contribution >= 0.6 is 0 Å². The maximum atomic E-state index is 11.2. The number of hydrazine groups is 1. The molecule has 1 aromatic heterocycles. The molecule has 1 saturated heterocycles. The second kappa shape index (κ2) is 2.85. The minimum Gasteiger partial charge on any atom is -0.273 e. The summed E-state index contributed by atoms with van der Waals surface area (Å²) >= 11 is 0. The SMILES string of the molecule is O=C1CC(=O)N(c2ccncc2)N1. The molecule has 0 atom stereocenters. The number of aromatic nitrogens is 1. The van der Waals surface area contributed by atoms with E-state index in [0.29, 0.717) is 5.69 Å². The normalized spacial score (nSPS) is 16.2. The second-order valence-electron chi connectivity index (χ2n) is 2.65. The Morgan fingerprint density at radius 3 is 2.54 bits per heavy atom. The smallest absolute Gasteiger partial charge is 0.255 e. The Morgan fingerprint density at radius 2 is 2.00 bits per heavy atom. The number of nitrogens with zero attached hydrogens (tertiary/aromatic N) is 2. The van der Waals surface area contributed by atoms with Crippen LogP contribution in [0.2, 0.25) is 0 Å². The molecule has 66 valence electrons. The van der Waals surface area contributed by atoms with Gasteiger partial charge in [0.2, 0.25) is 5.91 Å². The topological polar surface area (TPSA) is 62.3 Å². The van der Waals surface area contributed by atoms with Gasteiger partial charge in [-0.15, -0.1) is 0 Å². The fourth-order valence-corrected chi connectivity index (χ4v) is 1.14. The number of carbonyl (C=O) groups excluding carboxylic acids is 2. The van der Waals surface area contributed by atoms with Crippen LogP contribution in [-0.4, -0.2) is 16.8 Å². The van der Waals surface area contributed by atoms with Crippen LogP contribution in [0.1, 0.15) is 6.42 Å². The molecule has 0 spiro atoms. The molecule has 1 aromatic rings. The standard InChI is InChI=1S/C8H7N3O2/c12-7-5-8(13)11(10-7)6-1-3-9-4-2-6/h1-4H,5H2,(H,10,12). The van der Waals surface area contributed by atoms with Crippen molar-refractivity contribution in [2.24, 2.45) is 0 Å². The highest BCUT2D eigenvalue weighted by molar-refractivity contribution is 6.11. The number of carbonyl (C=O) groups is 2. The molecule has 1 aliphatic heterocycles. The molecule has 2 heterocycles. The van der Waals surface area contributed by atoms with Crippen molar-refractivity contribution in [1.29, 1.82) is 0 Å². The minimum absolute atomic E-state index is 0.0810. The van der Waals surface area contributed by atoms with Crippen molar-refractivity contribution in [2.75, 3.05) is 5.01 Å². The molecule has 0 bridgehead atoms. The van der Waals surface area contributed by atoms with Gasteiger partial charge >= 0.3 is 0 Å². The zero-order valence-electron chi connectivity index (χ0n) is 6.73. The van der Waals surface area contributed by atoms with Crippen molar-refractivity contribution in [2.45, 2.75) is 6.42 Å². The molecule has 1 aliphatic rings. The molecule has 0 aliphatic carbocycles. The summed E-state index contributed by atoms with van der Waals surface area (Å²) in [5.74, 6) is -0.516.